The third-order valence-electron chi connectivity index (χ3n) is 4.21. The van der Waals surface area contributed by atoms with Gasteiger partial charge in [0.1, 0.15) is 0 Å². The molecule has 1 aliphatic rings. The number of nitriles is 1. The van der Waals surface area contributed by atoms with Gasteiger partial charge in [0, 0.05) is 32.7 Å². The highest BCUT2D eigenvalue weighted by molar-refractivity contribution is 5.25. The van der Waals surface area contributed by atoms with Crippen LogP contribution in [0.1, 0.15) is 30.9 Å². The number of rotatable bonds is 5. The molecule has 1 heterocycles. The van der Waals surface area contributed by atoms with Gasteiger partial charge < -0.3 is 0 Å². The Morgan fingerprint density at radius 1 is 1.20 bits per heavy atom. The van der Waals surface area contributed by atoms with Crippen LogP contribution in [-0.4, -0.2) is 42.0 Å². The van der Waals surface area contributed by atoms with E-state index in [0.29, 0.717) is 0 Å². The Morgan fingerprint density at radius 2 is 1.90 bits per heavy atom. The van der Waals surface area contributed by atoms with Gasteiger partial charge in [-0.25, -0.2) is 0 Å². The number of hydrogen-bond donors (Lipinski definition) is 0. The molecule has 0 radical (unpaired) electrons. The highest BCUT2D eigenvalue weighted by Gasteiger charge is 2.23. The van der Waals surface area contributed by atoms with Crippen molar-refractivity contribution >= 4 is 0 Å². The predicted octanol–water partition coefficient (Wildman–Crippen LogP) is 2.80. The fourth-order valence-electron chi connectivity index (χ4n) is 2.86. The summed E-state index contributed by atoms with van der Waals surface area (Å²) in [6.45, 7) is 9.53. The van der Waals surface area contributed by atoms with Crippen molar-refractivity contribution in [2.75, 3.05) is 26.2 Å². The standard InChI is InChI=1S/C17H25N3/c1-3-6-17(13-18)20-11-9-19(10-12-20)14-16-8-5-4-7-15(16)2/h4-5,7-8,17H,3,6,9-12,14H2,1-2H3. The summed E-state index contributed by atoms with van der Waals surface area (Å²) < 4.78 is 0. The number of nitrogens with zero attached hydrogens (tertiary/aromatic N) is 3. The van der Waals surface area contributed by atoms with E-state index in [0.717, 1.165) is 45.6 Å². The second kappa shape index (κ2) is 7.42. The Labute approximate surface area is 122 Å². The third kappa shape index (κ3) is 3.82. The largest absolute Gasteiger partial charge is 0.297 e. The first-order chi connectivity index (χ1) is 9.74. The molecular formula is C17H25N3. The first kappa shape index (κ1) is 15.0. The van der Waals surface area contributed by atoms with Crippen LogP contribution in [0.15, 0.2) is 24.3 Å². The lowest BCUT2D eigenvalue weighted by Crippen LogP contribution is -2.49. The van der Waals surface area contributed by atoms with E-state index in [9.17, 15) is 5.26 Å². The third-order valence-corrected chi connectivity index (χ3v) is 4.21. The van der Waals surface area contributed by atoms with Gasteiger partial charge in [0.2, 0.25) is 0 Å². The second-order valence-electron chi connectivity index (χ2n) is 5.67. The zero-order valence-corrected chi connectivity index (χ0v) is 12.7. The van der Waals surface area contributed by atoms with Crippen LogP contribution < -0.4 is 0 Å². The maximum atomic E-state index is 9.24. The van der Waals surface area contributed by atoms with Crippen molar-refractivity contribution < 1.29 is 0 Å². The fraction of sp³-hybridized carbons (Fsp3) is 0.588. The van der Waals surface area contributed by atoms with Gasteiger partial charge in [-0.05, 0) is 24.5 Å². The minimum atomic E-state index is 0.112. The molecule has 1 aromatic rings. The topological polar surface area (TPSA) is 30.3 Å². The molecule has 0 saturated carbocycles. The van der Waals surface area contributed by atoms with Gasteiger partial charge in [0.05, 0.1) is 12.1 Å². The summed E-state index contributed by atoms with van der Waals surface area (Å²) in [4.78, 5) is 4.84. The van der Waals surface area contributed by atoms with Crippen molar-refractivity contribution in [2.24, 2.45) is 0 Å². The molecule has 0 N–H and O–H groups in total. The molecule has 0 aromatic heterocycles. The Bertz CT molecular complexity index is 456. The van der Waals surface area contributed by atoms with Crippen LogP contribution in [0.3, 0.4) is 0 Å². The zero-order valence-electron chi connectivity index (χ0n) is 12.7. The van der Waals surface area contributed by atoms with Crippen LogP contribution in [0.25, 0.3) is 0 Å². The molecule has 1 unspecified atom stereocenters. The van der Waals surface area contributed by atoms with E-state index in [1.54, 1.807) is 0 Å². The summed E-state index contributed by atoms with van der Waals surface area (Å²) in [5.74, 6) is 0. The van der Waals surface area contributed by atoms with Crippen molar-refractivity contribution in [2.45, 2.75) is 39.3 Å². The molecule has 3 nitrogen and oxygen atoms in total. The molecule has 108 valence electrons. The van der Waals surface area contributed by atoms with Crippen LogP contribution in [-0.2, 0) is 6.54 Å². The van der Waals surface area contributed by atoms with E-state index >= 15 is 0 Å². The summed E-state index contributed by atoms with van der Waals surface area (Å²) in [5.41, 5.74) is 2.79. The molecule has 0 spiro atoms. The lowest BCUT2D eigenvalue weighted by Gasteiger charge is -2.37. The number of aryl methyl sites for hydroxylation is 1. The molecule has 1 saturated heterocycles. The molecule has 1 aliphatic heterocycles. The molecule has 20 heavy (non-hydrogen) atoms. The molecule has 2 rings (SSSR count). The van der Waals surface area contributed by atoms with Gasteiger partial charge in [0.25, 0.3) is 0 Å². The van der Waals surface area contributed by atoms with E-state index in [-0.39, 0.29) is 6.04 Å². The predicted molar refractivity (Wildman–Crippen MR) is 82.3 cm³/mol. The van der Waals surface area contributed by atoms with Crippen LogP contribution in [0.5, 0.6) is 0 Å². The highest BCUT2D eigenvalue weighted by Crippen LogP contribution is 2.15. The average molecular weight is 271 g/mol. The van der Waals surface area contributed by atoms with Crippen LogP contribution >= 0.6 is 0 Å². The fourth-order valence-corrected chi connectivity index (χ4v) is 2.86. The lowest BCUT2D eigenvalue weighted by atomic mass is 10.1. The maximum absolute atomic E-state index is 9.24. The maximum Gasteiger partial charge on any atom is 0.0978 e. The Morgan fingerprint density at radius 3 is 2.50 bits per heavy atom. The summed E-state index contributed by atoms with van der Waals surface area (Å²) in [7, 11) is 0. The van der Waals surface area contributed by atoms with Gasteiger partial charge in [-0.2, -0.15) is 5.26 Å². The second-order valence-corrected chi connectivity index (χ2v) is 5.67. The van der Waals surface area contributed by atoms with Crippen molar-refractivity contribution in [3.8, 4) is 6.07 Å². The van der Waals surface area contributed by atoms with Gasteiger partial charge >= 0.3 is 0 Å². The minimum absolute atomic E-state index is 0.112. The van der Waals surface area contributed by atoms with Crippen molar-refractivity contribution in [1.82, 2.24) is 9.80 Å². The lowest BCUT2D eigenvalue weighted by molar-refractivity contribution is 0.106. The summed E-state index contributed by atoms with van der Waals surface area (Å²) in [5, 5.41) is 9.24. The highest BCUT2D eigenvalue weighted by atomic mass is 15.3. The Balaban J connectivity index is 1.86. The van der Waals surface area contributed by atoms with Crippen LogP contribution in [0.2, 0.25) is 0 Å². The molecular weight excluding hydrogens is 246 g/mol. The zero-order chi connectivity index (χ0) is 14.4. The Kier molecular flexibility index (Phi) is 5.58. The molecule has 1 atom stereocenters. The quantitative estimate of drug-likeness (QED) is 0.825. The van der Waals surface area contributed by atoms with Crippen molar-refractivity contribution in [1.29, 1.82) is 5.26 Å². The van der Waals surface area contributed by atoms with E-state index in [2.05, 4.69) is 54.0 Å². The van der Waals surface area contributed by atoms with Crippen molar-refractivity contribution in [3.63, 3.8) is 0 Å². The first-order valence-corrected chi connectivity index (χ1v) is 7.65. The van der Waals surface area contributed by atoms with E-state index in [4.69, 9.17) is 0 Å². The number of piperazine rings is 1. The summed E-state index contributed by atoms with van der Waals surface area (Å²) in [6, 6.07) is 11.2. The molecule has 1 aromatic carbocycles. The van der Waals surface area contributed by atoms with E-state index < -0.39 is 0 Å². The molecule has 3 heteroatoms. The molecule has 1 fully saturated rings. The van der Waals surface area contributed by atoms with Crippen molar-refractivity contribution in [3.05, 3.63) is 35.4 Å². The molecule has 0 aliphatic carbocycles. The van der Waals surface area contributed by atoms with Gasteiger partial charge in [-0.1, -0.05) is 37.6 Å². The SMILES string of the molecule is CCCC(C#N)N1CCN(Cc2ccccc2C)CC1. The average Bonchev–Trinajstić information content (AvgIpc) is 2.48. The monoisotopic (exact) mass is 271 g/mol. The number of benzene rings is 1. The van der Waals surface area contributed by atoms with Gasteiger partial charge in [-0.3, -0.25) is 9.80 Å². The Hall–Kier alpha value is -1.37. The minimum Gasteiger partial charge on any atom is -0.297 e. The molecule has 0 bridgehead atoms. The van der Waals surface area contributed by atoms with Gasteiger partial charge in [-0.15, -0.1) is 0 Å². The smallest absolute Gasteiger partial charge is 0.0978 e. The van der Waals surface area contributed by atoms with Gasteiger partial charge in [0.15, 0.2) is 0 Å². The van der Waals surface area contributed by atoms with E-state index in [1.807, 2.05) is 0 Å². The number of hydrogen-bond acceptors (Lipinski definition) is 3. The summed E-state index contributed by atoms with van der Waals surface area (Å²) >= 11 is 0. The summed E-state index contributed by atoms with van der Waals surface area (Å²) in [6.07, 6.45) is 2.08. The normalized spacial score (nSPS) is 18.6. The molecule has 0 amide bonds. The van der Waals surface area contributed by atoms with E-state index in [1.165, 1.54) is 11.1 Å². The first-order valence-electron chi connectivity index (χ1n) is 7.65. The van der Waals surface area contributed by atoms with Crippen LogP contribution in [0, 0.1) is 18.3 Å². The van der Waals surface area contributed by atoms with Crippen LogP contribution in [0.4, 0.5) is 0 Å².